The maximum absolute atomic E-state index is 5.32. The molecule has 0 radical (unpaired) electrons. The van der Waals surface area contributed by atoms with Crippen LogP contribution in [0.5, 0.6) is 5.75 Å². The van der Waals surface area contributed by atoms with Crippen molar-refractivity contribution in [2.75, 3.05) is 13.7 Å². The molecule has 0 aliphatic heterocycles. The van der Waals surface area contributed by atoms with E-state index in [1.807, 2.05) is 6.07 Å². The first-order valence-corrected chi connectivity index (χ1v) is 6.56. The van der Waals surface area contributed by atoms with Crippen molar-refractivity contribution in [2.24, 2.45) is 0 Å². The molecule has 2 unspecified atom stereocenters. The largest absolute Gasteiger partial charge is 0.497 e. The summed E-state index contributed by atoms with van der Waals surface area (Å²) in [6, 6.07) is 9.21. The van der Waals surface area contributed by atoms with Gasteiger partial charge in [0.25, 0.3) is 0 Å². The summed E-state index contributed by atoms with van der Waals surface area (Å²) >= 11 is 0. The molecule has 0 heterocycles. The molecule has 1 aliphatic carbocycles. The van der Waals surface area contributed by atoms with Crippen LogP contribution in [0.4, 0.5) is 0 Å². The van der Waals surface area contributed by atoms with Gasteiger partial charge in [0.1, 0.15) is 5.75 Å². The lowest BCUT2D eigenvalue weighted by atomic mass is 9.81. The van der Waals surface area contributed by atoms with E-state index in [4.69, 9.17) is 4.74 Å². The van der Waals surface area contributed by atoms with Crippen molar-refractivity contribution in [3.8, 4) is 5.75 Å². The second kappa shape index (κ2) is 5.09. The van der Waals surface area contributed by atoms with Gasteiger partial charge in [0, 0.05) is 6.04 Å². The first-order chi connectivity index (χ1) is 8.18. The second-order valence-corrected chi connectivity index (χ2v) is 5.29. The van der Waals surface area contributed by atoms with Crippen molar-refractivity contribution in [2.45, 2.75) is 44.6 Å². The minimum absolute atomic E-state index is 0.307. The number of nitrogens with one attached hydrogen (secondary N) is 1. The lowest BCUT2D eigenvalue weighted by Gasteiger charge is -2.25. The molecule has 2 heteroatoms. The van der Waals surface area contributed by atoms with Crippen molar-refractivity contribution < 1.29 is 4.74 Å². The lowest BCUT2D eigenvalue weighted by molar-refractivity contribution is 0.409. The Bertz CT molecular complexity index is 377. The highest BCUT2D eigenvalue weighted by Crippen LogP contribution is 2.41. The van der Waals surface area contributed by atoms with Gasteiger partial charge in [-0.1, -0.05) is 26.0 Å². The number of ether oxygens (including phenoxy) is 1. The van der Waals surface area contributed by atoms with E-state index in [-0.39, 0.29) is 0 Å². The zero-order valence-corrected chi connectivity index (χ0v) is 11.1. The summed E-state index contributed by atoms with van der Waals surface area (Å²) in [7, 11) is 1.73. The zero-order chi connectivity index (χ0) is 12.3. The van der Waals surface area contributed by atoms with E-state index in [2.05, 4.69) is 37.4 Å². The fourth-order valence-corrected chi connectivity index (χ4v) is 2.96. The third kappa shape index (κ3) is 2.63. The molecule has 1 aromatic rings. The van der Waals surface area contributed by atoms with Crippen LogP contribution in [-0.2, 0) is 5.41 Å². The number of methoxy groups -OCH3 is 1. The molecule has 0 amide bonds. The van der Waals surface area contributed by atoms with Crippen LogP contribution in [-0.4, -0.2) is 19.7 Å². The van der Waals surface area contributed by atoms with E-state index >= 15 is 0 Å². The zero-order valence-electron chi connectivity index (χ0n) is 11.1. The number of hydrogen-bond acceptors (Lipinski definition) is 2. The van der Waals surface area contributed by atoms with Crippen LogP contribution in [0.15, 0.2) is 24.3 Å². The van der Waals surface area contributed by atoms with Crippen molar-refractivity contribution in [3.05, 3.63) is 29.8 Å². The van der Waals surface area contributed by atoms with Crippen LogP contribution < -0.4 is 10.1 Å². The van der Waals surface area contributed by atoms with E-state index < -0.39 is 0 Å². The molecule has 17 heavy (non-hydrogen) atoms. The van der Waals surface area contributed by atoms with Gasteiger partial charge in [-0.25, -0.2) is 0 Å². The Hall–Kier alpha value is -1.02. The Morgan fingerprint density at radius 1 is 1.47 bits per heavy atom. The monoisotopic (exact) mass is 233 g/mol. The van der Waals surface area contributed by atoms with Crippen LogP contribution in [0.25, 0.3) is 0 Å². The number of benzene rings is 1. The Labute approximate surface area is 104 Å². The summed E-state index contributed by atoms with van der Waals surface area (Å²) in [4.78, 5) is 0. The van der Waals surface area contributed by atoms with Gasteiger partial charge < -0.3 is 10.1 Å². The van der Waals surface area contributed by atoms with Gasteiger partial charge >= 0.3 is 0 Å². The molecule has 1 aromatic carbocycles. The molecule has 2 atom stereocenters. The van der Waals surface area contributed by atoms with E-state index in [1.54, 1.807) is 7.11 Å². The Kier molecular flexibility index (Phi) is 3.72. The highest BCUT2D eigenvalue weighted by molar-refractivity contribution is 5.34. The predicted octanol–water partition coefficient (Wildman–Crippen LogP) is 3.11. The summed E-state index contributed by atoms with van der Waals surface area (Å²) in [5.41, 5.74) is 1.72. The van der Waals surface area contributed by atoms with E-state index in [9.17, 15) is 0 Å². The van der Waals surface area contributed by atoms with Crippen LogP contribution in [0.1, 0.15) is 38.7 Å². The molecular formula is C15H23NO. The quantitative estimate of drug-likeness (QED) is 0.862. The average molecular weight is 233 g/mol. The summed E-state index contributed by atoms with van der Waals surface area (Å²) < 4.78 is 5.32. The normalized spacial score (nSPS) is 28.3. The topological polar surface area (TPSA) is 21.3 Å². The molecule has 94 valence electrons. The van der Waals surface area contributed by atoms with Gasteiger partial charge in [-0.3, -0.25) is 0 Å². The average Bonchev–Trinajstić information content (AvgIpc) is 2.73. The Morgan fingerprint density at radius 2 is 2.29 bits per heavy atom. The summed E-state index contributed by atoms with van der Waals surface area (Å²) in [5.74, 6) is 0.968. The molecule has 0 saturated heterocycles. The van der Waals surface area contributed by atoms with Gasteiger partial charge in [-0.2, -0.15) is 0 Å². The van der Waals surface area contributed by atoms with Crippen LogP contribution in [0.2, 0.25) is 0 Å². The molecule has 1 saturated carbocycles. The minimum atomic E-state index is 0.307. The van der Waals surface area contributed by atoms with Crippen LogP contribution >= 0.6 is 0 Å². The maximum atomic E-state index is 5.32. The predicted molar refractivity (Wildman–Crippen MR) is 71.7 cm³/mol. The molecule has 0 aromatic heterocycles. The smallest absolute Gasteiger partial charge is 0.119 e. The van der Waals surface area contributed by atoms with Crippen molar-refractivity contribution >= 4 is 0 Å². The van der Waals surface area contributed by atoms with Crippen molar-refractivity contribution in [1.82, 2.24) is 5.32 Å². The standard InChI is InChI=1S/C15H23NO/c1-4-16-13-8-9-15(2,11-13)12-6-5-7-14(10-12)17-3/h5-7,10,13,16H,4,8-9,11H2,1-3H3. The molecular weight excluding hydrogens is 210 g/mol. The Morgan fingerprint density at radius 3 is 3.00 bits per heavy atom. The van der Waals surface area contributed by atoms with E-state index in [1.165, 1.54) is 24.8 Å². The fraction of sp³-hybridized carbons (Fsp3) is 0.600. The highest BCUT2D eigenvalue weighted by Gasteiger charge is 2.36. The SMILES string of the molecule is CCNC1CCC(C)(c2cccc(OC)c2)C1. The molecule has 0 bridgehead atoms. The highest BCUT2D eigenvalue weighted by atomic mass is 16.5. The molecule has 1 aliphatic rings. The van der Waals surface area contributed by atoms with Crippen molar-refractivity contribution in [3.63, 3.8) is 0 Å². The fourth-order valence-electron chi connectivity index (χ4n) is 2.96. The summed E-state index contributed by atoms with van der Waals surface area (Å²) in [6.45, 7) is 5.62. The van der Waals surface area contributed by atoms with Gasteiger partial charge in [0.15, 0.2) is 0 Å². The number of rotatable bonds is 4. The Balaban J connectivity index is 2.15. The molecule has 1 fully saturated rings. The van der Waals surface area contributed by atoms with Crippen molar-refractivity contribution in [1.29, 1.82) is 0 Å². The number of hydrogen-bond donors (Lipinski definition) is 1. The van der Waals surface area contributed by atoms with E-state index in [0.717, 1.165) is 12.3 Å². The summed E-state index contributed by atoms with van der Waals surface area (Å²) in [6.07, 6.45) is 3.77. The third-order valence-corrected chi connectivity index (χ3v) is 4.00. The van der Waals surface area contributed by atoms with Gasteiger partial charge in [0.05, 0.1) is 7.11 Å². The molecule has 0 spiro atoms. The third-order valence-electron chi connectivity index (χ3n) is 4.00. The molecule has 2 nitrogen and oxygen atoms in total. The minimum Gasteiger partial charge on any atom is -0.497 e. The molecule has 2 rings (SSSR count). The molecule has 1 N–H and O–H groups in total. The lowest BCUT2D eigenvalue weighted by Crippen LogP contribution is -2.28. The van der Waals surface area contributed by atoms with Crippen LogP contribution in [0.3, 0.4) is 0 Å². The first kappa shape index (κ1) is 12.4. The van der Waals surface area contributed by atoms with Crippen LogP contribution in [0, 0.1) is 0 Å². The second-order valence-electron chi connectivity index (χ2n) is 5.29. The van der Waals surface area contributed by atoms with Gasteiger partial charge in [0.2, 0.25) is 0 Å². The first-order valence-electron chi connectivity index (χ1n) is 6.56. The van der Waals surface area contributed by atoms with Gasteiger partial charge in [-0.15, -0.1) is 0 Å². The maximum Gasteiger partial charge on any atom is 0.119 e. The summed E-state index contributed by atoms with van der Waals surface area (Å²) in [5, 5.41) is 3.57. The van der Waals surface area contributed by atoms with E-state index in [0.29, 0.717) is 11.5 Å². The van der Waals surface area contributed by atoms with Gasteiger partial charge in [-0.05, 0) is 48.9 Å².